The van der Waals surface area contributed by atoms with Gasteiger partial charge in [0.25, 0.3) is 5.91 Å². The number of anilines is 1. The number of β-amino-alcohol motifs (C(OH)–C–C–N with tert-alkyl or cyclic N) is 1. The molecule has 0 saturated carbocycles. The van der Waals surface area contributed by atoms with Gasteiger partial charge in [-0.25, -0.2) is 9.97 Å². The lowest BCUT2D eigenvalue weighted by atomic mass is 10.0. The van der Waals surface area contributed by atoms with Gasteiger partial charge in [0.1, 0.15) is 11.5 Å². The van der Waals surface area contributed by atoms with E-state index >= 15 is 0 Å². The van der Waals surface area contributed by atoms with Crippen molar-refractivity contribution in [3.8, 4) is 0 Å². The fourth-order valence-corrected chi connectivity index (χ4v) is 3.33. The Morgan fingerprint density at radius 2 is 2.24 bits per heavy atom. The molecule has 0 aromatic carbocycles. The lowest BCUT2D eigenvalue weighted by Gasteiger charge is -2.36. The minimum absolute atomic E-state index is 0.253. The van der Waals surface area contributed by atoms with Gasteiger partial charge in [-0.15, -0.1) is 0 Å². The molecule has 1 fully saturated rings. The highest BCUT2D eigenvalue weighted by atomic mass is 32.2. The first-order valence-electron chi connectivity index (χ1n) is 8.11. The number of carbonyl (C=O) groups excluding carboxylic acids is 1. The number of carbonyl (C=O) groups is 1. The molecule has 0 aliphatic carbocycles. The summed E-state index contributed by atoms with van der Waals surface area (Å²) < 4.78 is 0. The Kier molecular flexibility index (Phi) is 5.83. The number of piperidine rings is 1. The van der Waals surface area contributed by atoms with Crippen LogP contribution in [0.3, 0.4) is 0 Å². The number of rotatable bonds is 5. The van der Waals surface area contributed by atoms with E-state index < -0.39 is 6.10 Å². The van der Waals surface area contributed by atoms with E-state index in [4.69, 9.17) is 0 Å². The molecule has 2 aromatic heterocycles. The van der Waals surface area contributed by atoms with Gasteiger partial charge in [-0.3, -0.25) is 9.78 Å². The number of pyridine rings is 1. The average Bonchev–Trinajstić information content (AvgIpc) is 2.65. The highest BCUT2D eigenvalue weighted by Gasteiger charge is 2.30. The van der Waals surface area contributed by atoms with Crippen LogP contribution in [0.4, 0.5) is 5.82 Å². The van der Waals surface area contributed by atoms with Crippen molar-refractivity contribution in [3.05, 3.63) is 48.2 Å². The first-order chi connectivity index (χ1) is 12.2. The largest absolute Gasteiger partial charge is 0.389 e. The quantitative estimate of drug-likeness (QED) is 0.826. The van der Waals surface area contributed by atoms with Gasteiger partial charge >= 0.3 is 0 Å². The molecule has 25 heavy (non-hydrogen) atoms. The summed E-state index contributed by atoms with van der Waals surface area (Å²) in [4.78, 5) is 26.5. The predicted octanol–water partition coefficient (Wildman–Crippen LogP) is 1.10. The van der Waals surface area contributed by atoms with E-state index in [2.05, 4.69) is 32.6 Å². The third-order valence-corrected chi connectivity index (χ3v) is 4.76. The van der Waals surface area contributed by atoms with Crippen LogP contribution in [0, 0.1) is 0 Å². The van der Waals surface area contributed by atoms with E-state index in [1.54, 1.807) is 11.8 Å². The Bertz CT molecular complexity index is 698. The van der Waals surface area contributed by atoms with Crippen molar-refractivity contribution < 1.29 is 9.90 Å². The van der Waals surface area contributed by atoms with Crippen molar-refractivity contribution >= 4 is 23.5 Å². The summed E-state index contributed by atoms with van der Waals surface area (Å²) in [6, 6.07) is 3.74. The lowest BCUT2D eigenvalue weighted by molar-refractivity contribution is 0.0793. The van der Waals surface area contributed by atoms with Gasteiger partial charge in [-0.2, -0.15) is 11.8 Å². The maximum Gasteiger partial charge on any atom is 0.271 e. The molecule has 2 N–H and O–H groups in total. The van der Waals surface area contributed by atoms with E-state index in [0.29, 0.717) is 13.0 Å². The number of aliphatic hydroxyl groups excluding tert-OH is 1. The maximum absolute atomic E-state index is 12.2. The molecule has 2 aromatic rings. The van der Waals surface area contributed by atoms with Crippen LogP contribution in [0.2, 0.25) is 0 Å². The number of amides is 1. The van der Waals surface area contributed by atoms with Crippen LogP contribution in [0.25, 0.3) is 0 Å². The highest BCUT2D eigenvalue weighted by Crippen LogP contribution is 2.19. The molecule has 3 heterocycles. The van der Waals surface area contributed by atoms with E-state index in [9.17, 15) is 9.90 Å². The fourth-order valence-electron chi connectivity index (χ4n) is 2.82. The Hall–Kier alpha value is -2.19. The number of nitrogens with zero attached hydrogens (tertiary/aromatic N) is 4. The Morgan fingerprint density at radius 1 is 1.36 bits per heavy atom. The molecule has 132 valence electrons. The molecule has 1 aliphatic rings. The van der Waals surface area contributed by atoms with Crippen molar-refractivity contribution in [1.29, 1.82) is 0 Å². The SMILES string of the molecule is CSCc1ccc(N2CC[C@@H](NC(=O)c3cnccn3)[C@H](O)C2)nc1. The maximum atomic E-state index is 12.2. The summed E-state index contributed by atoms with van der Waals surface area (Å²) in [6.45, 7) is 1.15. The summed E-state index contributed by atoms with van der Waals surface area (Å²) in [5, 5.41) is 13.3. The monoisotopic (exact) mass is 359 g/mol. The standard InChI is InChI=1S/C17H21N5O2S/c1-25-11-12-2-3-16(20-8-12)22-7-4-13(15(23)10-22)21-17(24)14-9-18-5-6-19-14/h2-3,5-6,8-9,13,15,23H,4,7,10-11H2,1H3,(H,21,24)/t13-,15-/m1/s1. The summed E-state index contributed by atoms with van der Waals surface area (Å²) in [6.07, 6.45) is 8.31. The van der Waals surface area contributed by atoms with E-state index in [1.807, 2.05) is 17.2 Å². The average molecular weight is 359 g/mol. The van der Waals surface area contributed by atoms with Gasteiger partial charge in [-0.05, 0) is 24.3 Å². The van der Waals surface area contributed by atoms with Crippen LogP contribution in [0.15, 0.2) is 36.9 Å². The Labute approximate surface area is 150 Å². The molecular formula is C17H21N5O2S. The smallest absolute Gasteiger partial charge is 0.271 e. The second kappa shape index (κ2) is 8.26. The zero-order valence-electron chi connectivity index (χ0n) is 14.0. The van der Waals surface area contributed by atoms with Gasteiger partial charge in [0.05, 0.1) is 18.3 Å². The molecule has 1 amide bonds. The van der Waals surface area contributed by atoms with Gasteiger partial charge < -0.3 is 15.3 Å². The van der Waals surface area contributed by atoms with Crippen molar-refractivity contribution in [3.63, 3.8) is 0 Å². The summed E-state index contributed by atoms with van der Waals surface area (Å²) >= 11 is 1.76. The highest BCUT2D eigenvalue weighted by molar-refractivity contribution is 7.97. The van der Waals surface area contributed by atoms with Crippen LogP contribution in [-0.4, -0.2) is 57.5 Å². The van der Waals surface area contributed by atoms with Gasteiger partial charge in [0.15, 0.2) is 0 Å². The number of thioether (sulfide) groups is 1. The van der Waals surface area contributed by atoms with Crippen molar-refractivity contribution in [2.75, 3.05) is 24.2 Å². The number of hydrogen-bond donors (Lipinski definition) is 2. The number of hydrogen-bond acceptors (Lipinski definition) is 7. The van der Waals surface area contributed by atoms with Crippen molar-refractivity contribution in [2.45, 2.75) is 24.3 Å². The zero-order chi connectivity index (χ0) is 17.6. The van der Waals surface area contributed by atoms with E-state index in [0.717, 1.165) is 18.1 Å². The molecule has 0 spiro atoms. The predicted molar refractivity (Wildman–Crippen MR) is 97.6 cm³/mol. The molecule has 7 nitrogen and oxygen atoms in total. The molecule has 1 saturated heterocycles. The van der Waals surface area contributed by atoms with Crippen LogP contribution < -0.4 is 10.2 Å². The van der Waals surface area contributed by atoms with Crippen LogP contribution in [0.1, 0.15) is 22.5 Å². The second-order valence-electron chi connectivity index (χ2n) is 5.93. The third-order valence-electron chi connectivity index (χ3n) is 4.14. The molecule has 0 bridgehead atoms. The molecule has 1 aliphatic heterocycles. The minimum Gasteiger partial charge on any atom is -0.389 e. The molecular weight excluding hydrogens is 338 g/mol. The number of nitrogens with one attached hydrogen (secondary N) is 1. The molecule has 2 atom stereocenters. The molecule has 0 radical (unpaired) electrons. The molecule has 0 unspecified atom stereocenters. The van der Waals surface area contributed by atoms with Crippen molar-refractivity contribution in [1.82, 2.24) is 20.3 Å². The van der Waals surface area contributed by atoms with Gasteiger partial charge in [-0.1, -0.05) is 6.07 Å². The molecule has 3 rings (SSSR count). The molecule has 8 heteroatoms. The number of aliphatic hydroxyl groups is 1. The summed E-state index contributed by atoms with van der Waals surface area (Å²) in [5.41, 5.74) is 1.44. The van der Waals surface area contributed by atoms with E-state index in [-0.39, 0.29) is 17.6 Å². The van der Waals surface area contributed by atoms with Gasteiger partial charge in [0, 0.05) is 37.4 Å². The minimum atomic E-state index is -0.665. The Balaban J connectivity index is 1.58. The number of aromatic nitrogens is 3. The van der Waals surface area contributed by atoms with Crippen LogP contribution >= 0.6 is 11.8 Å². The second-order valence-corrected chi connectivity index (χ2v) is 6.80. The van der Waals surface area contributed by atoms with E-state index in [1.165, 1.54) is 24.2 Å². The van der Waals surface area contributed by atoms with Crippen LogP contribution in [0.5, 0.6) is 0 Å². The zero-order valence-corrected chi connectivity index (χ0v) is 14.8. The Morgan fingerprint density at radius 3 is 2.88 bits per heavy atom. The van der Waals surface area contributed by atoms with Gasteiger partial charge in [0.2, 0.25) is 0 Å². The summed E-state index contributed by atoms with van der Waals surface area (Å²) in [5.74, 6) is 1.47. The first kappa shape index (κ1) is 17.6. The summed E-state index contributed by atoms with van der Waals surface area (Å²) in [7, 11) is 0. The van der Waals surface area contributed by atoms with Crippen LogP contribution in [-0.2, 0) is 5.75 Å². The fraction of sp³-hybridized carbons (Fsp3) is 0.412. The van der Waals surface area contributed by atoms with Crippen molar-refractivity contribution in [2.24, 2.45) is 0 Å². The third kappa shape index (κ3) is 4.46. The first-order valence-corrected chi connectivity index (χ1v) is 9.50. The topological polar surface area (TPSA) is 91.2 Å². The normalized spacial score (nSPS) is 20.3. The lowest BCUT2D eigenvalue weighted by Crippen LogP contribution is -2.54.